The normalized spacial score (nSPS) is 14.1. The van der Waals surface area contributed by atoms with Gasteiger partial charge in [0.25, 0.3) is 0 Å². The van der Waals surface area contributed by atoms with Crippen molar-refractivity contribution in [2.45, 2.75) is 45.4 Å². The number of amides is 1. The number of H-pyrrole nitrogens is 1. The van der Waals surface area contributed by atoms with Gasteiger partial charge in [-0.2, -0.15) is 5.10 Å². The van der Waals surface area contributed by atoms with Crippen molar-refractivity contribution in [3.63, 3.8) is 0 Å². The molecule has 12 heteroatoms. The number of halogens is 2. The molecule has 9 nitrogen and oxygen atoms in total. The number of hydrogen-bond donors (Lipinski definition) is 3. The summed E-state index contributed by atoms with van der Waals surface area (Å²) < 4.78 is 32.3. The van der Waals surface area contributed by atoms with Crippen molar-refractivity contribution in [3.8, 4) is 11.3 Å². The first kappa shape index (κ1) is 23.4. The van der Waals surface area contributed by atoms with Crippen LogP contribution in [0.5, 0.6) is 0 Å². The molecule has 1 amide bonds. The third-order valence-electron chi connectivity index (χ3n) is 5.00. The molecule has 2 atom stereocenters. The van der Waals surface area contributed by atoms with Gasteiger partial charge in [-0.15, -0.1) is 4.72 Å². The summed E-state index contributed by atoms with van der Waals surface area (Å²) in [5, 5.41) is 9.99. The lowest BCUT2D eigenvalue weighted by molar-refractivity contribution is -0.114. The number of benzene rings is 1. The Morgan fingerprint density at radius 3 is 2.73 bits per heavy atom. The molecule has 0 unspecified atom stereocenters. The molecule has 1 aromatic carbocycles. The highest BCUT2D eigenvalue weighted by Crippen LogP contribution is 2.40. The van der Waals surface area contributed by atoms with E-state index in [-0.39, 0.29) is 16.5 Å². The van der Waals surface area contributed by atoms with E-state index in [0.29, 0.717) is 33.6 Å². The van der Waals surface area contributed by atoms with Gasteiger partial charge in [0, 0.05) is 41.0 Å². The monoisotopic (exact) mass is 491 g/mol. The highest BCUT2D eigenvalue weighted by molar-refractivity contribution is 7.90. The van der Waals surface area contributed by atoms with Crippen LogP contribution in [0.3, 0.4) is 0 Å². The minimum Gasteiger partial charge on any atom is -0.598 e. The van der Waals surface area contributed by atoms with Crippen LogP contribution < -0.4 is 10.0 Å². The van der Waals surface area contributed by atoms with Crippen LogP contribution in [-0.2, 0) is 16.2 Å². The van der Waals surface area contributed by atoms with Crippen LogP contribution in [0.15, 0.2) is 24.8 Å². The molecule has 0 aliphatic heterocycles. The fraction of sp³-hybridized carbons (Fsp3) is 0.333. The number of imidazole rings is 1. The summed E-state index contributed by atoms with van der Waals surface area (Å²) in [6.45, 7) is 8.60. The molecule has 174 valence electrons. The number of aromatic nitrogens is 5. The molecule has 0 fully saturated rings. The molecule has 4 aromatic rings. The van der Waals surface area contributed by atoms with Gasteiger partial charge in [0.05, 0.1) is 40.9 Å². The summed E-state index contributed by atoms with van der Waals surface area (Å²) in [7, 11) is 0. The smallest absolute Gasteiger partial charge is 0.222 e. The van der Waals surface area contributed by atoms with Crippen molar-refractivity contribution < 1.29 is 13.7 Å². The van der Waals surface area contributed by atoms with E-state index in [1.54, 1.807) is 29.9 Å². The van der Waals surface area contributed by atoms with Crippen molar-refractivity contribution in [2.75, 3.05) is 5.32 Å². The number of anilines is 1. The lowest BCUT2D eigenvalue weighted by Crippen LogP contribution is -2.40. The largest absolute Gasteiger partial charge is 0.598 e. The number of carbonyl (C=O) groups excluding carboxylic acids is 1. The second-order valence-electron chi connectivity index (χ2n) is 8.64. The number of aromatic amines is 1. The topological polar surface area (TPSA) is 123 Å². The average Bonchev–Trinajstić information content (AvgIpc) is 3.33. The van der Waals surface area contributed by atoms with Crippen molar-refractivity contribution in [1.29, 1.82) is 0 Å². The van der Waals surface area contributed by atoms with Crippen molar-refractivity contribution in [1.82, 2.24) is 29.3 Å². The maximum absolute atomic E-state index is 15.6. The molecule has 0 bridgehead atoms. The van der Waals surface area contributed by atoms with Gasteiger partial charge < -0.3 is 14.3 Å². The molecule has 3 heterocycles. The van der Waals surface area contributed by atoms with E-state index >= 15 is 4.39 Å². The zero-order valence-corrected chi connectivity index (χ0v) is 20.2. The Labute approximate surface area is 197 Å². The maximum Gasteiger partial charge on any atom is 0.222 e. The molecule has 3 aromatic heterocycles. The SMILES string of the molecule is CC(=O)Nc1cn2cc(-c3c(Cl)c(F)c([C@@H](C)N[S@+]([O-])C(C)(C)C)c4[nH]ncc34)ncc2n1. The van der Waals surface area contributed by atoms with Gasteiger partial charge in [0.15, 0.2) is 11.5 Å². The van der Waals surface area contributed by atoms with Crippen LogP contribution in [0.1, 0.15) is 46.2 Å². The Balaban J connectivity index is 1.82. The summed E-state index contributed by atoms with van der Waals surface area (Å²) in [4.78, 5) is 20.0. The summed E-state index contributed by atoms with van der Waals surface area (Å²) in [5.41, 5.74) is 1.94. The number of carbonyl (C=O) groups is 1. The zero-order valence-electron chi connectivity index (χ0n) is 18.7. The Kier molecular flexibility index (Phi) is 6.08. The second kappa shape index (κ2) is 8.56. The van der Waals surface area contributed by atoms with Crippen LogP contribution in [-0.4, -0.2) is 39.8 Å². The summed E-state index contributed by atoms with van der Waals surface area (Å²) in [5.74, 6) is -0.530. The molecule has 0 saturated carbocycles. The lowest BCUT2D eigenvalue weighted by Gasteiger charge is -2.27. The van der Waals surface area contributed by atoms with Gasteiger partial charge in [0.1, 0.15) is 10.6 Å². The van der Waals surface area contributed by atoms with Crippen LogP contribution in [0.4, 0.5) is 10.2 Å². The van der Waals surface area contributed by atoms with Gasteiger partial charge in [-0.3, -0.25) is 14.9 Å². The molecule has 0 saturated heterocycles. The Bertz CT molecular complexity index is 1360. The predicted molar refractivity (Wildman–Crippen MR) is 127 cm³/mol. The van der Waals surface area contributed by atoms with Crippen molar-refractivity contribution >= 4 is 51.2 Å². The molecule has 0 radical (unpaired) electrons. The van der Waals surface area contributed by atoms with E-state index in [1.807, 2.05) is 20.8 Å². The first-order valence-electron chi connectivity index (χ1n) is 10.1. The van der Waals surface area contributed by atoms with Gasteiger partial charge in [0.2, 0.25) is 5.91 Å². The molecular formula is C21H23ClFN7O2S. The Hall–Kier alpha value is -2.73. The van der Waals surface area contributed by atoms with Crippen LogP contribution in [0.25, 0.3) is 27.8 Å². The average molecular weight is 492 g/mol. The summed E-state index contributed by atoms with van der Waals surface area (Å²) in [6.07, 6.45) is 6.33. The molecule has 3 N–H and O–H groups in total. The minimum absolute atomic E-state index is 0.122. The van der Waals surface area contributed by atoms with Crippen LogP contribution >= 0.6 is 11.6 Å². The van der Waals surface area contributed by atoms with Gasteiger partial charge in [-0.05, 0) is 27.7 Å². The quantitative estimate of drug-likeness (QED) is 0.360. The van der Waals surface area contributed by atoms with Crippen molar-refractivity contribution in [2.24, 2.45) is 0 Å². The maximum atomic E-state index is 15.6. The molecule has 0 spiro atoms. The highest BCUT2D eigenvalue weighted by atomic mass is 35.5. The van der Waals surface area contributed by atoms with E-state index in [2.05, 4.69) is 30.2 Å². The van der Waals surface area contributed by atoms with Crippen molar-refractivity contribution in [3.05, 3.63) is 41.2 Å². The van der Waals surface area contributed by atoms with E-state index in [1.165, 1.54) is 13.1 Å². The highest BCUT2D eigenvalue weighted by Gasteiger charge is 2.32. The van der Waals surface area contributed by atoms with Gasteiger partial charge in [-0.25, -0.2) is 9.37 Å². The van der Waals surface area contributed by atoms with E-state index in [9.17, 15) is 9.35 Å². The fourth-order valence-corrected chi connectivity index (χ4v) is 4.55. The summed E-state index contributed by atoms with van der Waals surface area (Å²) >= 11 is 5.10. The zero-order chi connectivity index (χ0) is 24.1. The standard InChI is InChI=1S/C21H23ClFN7O2S/c1-10(29-33(32)21(3,4)5)16-19(23)18(22)17(12-6-25-28-20(12)16)13-8-30-9-14(26-11(2)31)27-15(30)7-24-13/h6-10,29H,1-5H3,(H,25,28)(H,26,31)/t10-,33-/m1/s1. The number of nitrogens with zero attached hydrogens (tertiary/aromatic N) is 4. The first-order chi connectivity index (χ1) is 15.5. The minimum atomic E-state index is -1.42. The Morgan fingerprint density at radius 1 is 1.33 bits per heavy atom. The van der Waals surface area contributed by atoms with E-state index in [0.717, 1.165) is 0 Å². The number of nitrogens with one attached hydrogen (secondary N) is 3. The fourth-order valence-electron chi connectivity index (χ4n) is 3.46. The second-order valence-corrected chi connectivity index (χ2v) is 11.0. The van der Waals surface area contributed by atoms with Gasteiger partial charge in [-0.1, -0.05) is 11.6 Å². The molecule has 0 aliphatic carbocycles. The third-order valence-corrected chi connectivity index (χ3v) is 7.04. The lowest BCUT2D eigenvalue weighted by atomic mass is 9.99. The molecular weight excluding hydrogens is 469 g/mol. The first-order valence-corrected chi connectivity index (χ1v) is 11.6. The summed E-state index contributed by atoms with van der Waals surface area (Å²) in [6, 6.07) is -0.608. The molecule has 33 heavy (non-hydrogen) atoms. The number of hydrogen-bond acceptors (Lipinski definition) is 6. The van der Waals surface area contributed by atoms with Gasteiger partial charge >= 0.3 is 0 Å². The van der Waals surface area contributed by atoms with Crippen LogP contribution in [0, 0.1) is 5.82 Å². The third kappa shape index (κ3) is 4.41. The molecule has 4 rings (SSSR count). The van der Waals surface area contributed by atoms with Crippen LogP contribution in [0.2, 0.25) is 5.02 Å². The molecule has 0 aliphatic rings. The van der Waals surface area contributed by atoms with E-state index < -0.39 is 28.0 Å². The number of fused-ring (bicyclic) bond motifs is 2. The Morgan fingerprint density at radius 2 is 2.06 bits per heavy atom. The predicted octanol–water partition coefficient (Wildman–Crippen LogP) is 4.14. The number of rotatable bonds is 5. The van der Waals surface area contributed by atoms with E-state index in [4.69, 9.17) is 11.6 Å².